The van der Waals surface area contributed by atoms with E-state index in [4.69, 9.17) is 0 Å². The van der Waals surface area contributed by atoms with Crippen molar-refractivity contribution in [1.82, 2.24) is 4.98 Å². The van der Waals surface area contributed by atoms with Crippen LogP contribution in [0.5, 0.6) is 0 Å². The highest BCUT2D eigenvalue weighted by molar-refractivity contribution is 6.04. The van der Waals surface area contributed by atoms with Gasteiger partial charge in [0.2, 0.25) is 0 Å². The summed E-state index contributed by atoms with van der Waals surface area (Å²) in [5.74, 6) is 0.697. The summed E-state index contributed by atoms with van der Waals surface area (Å²) in [5, 5.41) is 2.97. The first-order valence-electron chi connectivity index (χ1n) is 8.43. The molecule has 1 aromatic heterocycles. The lowest BCUT2D eigenvalue weighted by molar-refractivity contribution is 0.102. The van der Waals surface area contributed by atoms with Crippen LogP contribution in [0.2, 0.25) is 0 Å². The highest BCUT2D eigenvalue weighted by Crippen LogP contribution is 2.23. The molecule has 0 bridgehead atoms. The smallest absolute Gasteiger partial charge is 0.257 e. The number of carbonyl (C=O) groups is 1. The molecule has 3 rings (SSSR count). The Morgan fingerprint density at radius 1 is 1.12 bits per heavy atom. The van der Waals surface area contributed by atoms with Crippen LogP contribution in [0.25, 0.3) is 0 Å². The van der Waals surface area contributed by atoms with Crippen molar-refractivity contribution in [3.05, 3.63) is 48.2 Å². The summed E-state index contributed by atoms with van der Waals surface area (Å²) < 4.78 is 0. The van der Waals surface area contributed by atoms with E-state index in [0.717, 1.165) is 24.6 Å². The van der Waals surface area contributed by atoms with Gasteiger partial charge < -0.3 is 15.1 Å². The molecule has 1 aromatic carbocycles. The minimum absolute atomic E-state index is 0.136. The minimum Gasteiger partial charge on any atom is -0.371 e. The number of hydrogen-bond donors (Lipinski definition) is 1. The van der Waals surface area contributed by atoms with Gasteiger partial charge >= 0.3 is 0 Å². The maximum absolute atomic E-state index is 12.4. The van der Waals surface area contributed by atoms with E-state index in [1.54, 1.807) is 12.3 Å². The molecule has 2 aromatic rings. The second-order valence-electron chi connectivity index (χ2n) is 6.35. The zero-order chi connectivity index (χ0) is 16.9. The van der Waals surface area contributed by atoms with Gasteiger partial charge in [0.05, 0.1) is 5.56 Å². The van der Waals surface area contributed by atoms with Gasteiger partial charge in [-0.05, 0) is 49.6 Å². The van der Waals surface area contributed by atoms with Gasteiger partial charge in [0, 0.05) is 44.8 Å². The molecule has 1 aliphatic rings. The van der Waals surface area contributed by atoms with E-state index in [1.165, 1.54) is 24.9 Å². The van der Waals surface area contributed by atoms with Crippen LogP contribution >= 0.6 is 0 Å². The van der Waals surface area contributed by atoms with Crippen LogP contribution in [0.4, 0.5) is 17.2 Å². The third kappa shape index (κ3) is 3.85. The first-order chi connectivity index (χ1) is 11.6. The van der Waals surface area contributed by atoms with Crippen LogP contribution in [0.1, 0.15) is 29.6 Å². The molecular weight excluding hydrogens is 300 g/mol. The van der Waals surface area contributed by atoms with E-state index in [1.807, 2.05) is 43.3 Å². The molecule has 1 amide bonds. The van der Waals surface area contributed by atoms with Gasteiger partial charge in [-0.25, -0.2) is 4.98 Å². The molecular formula is C19H24N4O. The third-order valence-corrected chi connectivity index (χ3v) is 4.29. The Kier molecular flexibility index (Phi) is 4.99. The molecule has 1 saturated heterocycles. The van der Waals surface area contributed by atoms with Gasteiger partial charge in [-0.3, -0.25) is 4.79 Å². The van der Waals surface area contributed by atoms with Crippen molar-refractivity contribution in [1.29, 1.82) is 0 Å². The predicted octanol–water partition coefficient (Wildman–Crippen LogP) is 3.39. The molecule has 2 heterocycles. The van der Waals surface area contributed by atoms with E-state index in [-0.39, 0.29) is 5.91 Å². The van der Waals surface area contributed by atoms with Crippen molar-refractivity contribution in [3.63, 3.8) is 0 Å². The van der Waals surface area contributed by atoms with Gasteiger partial charge in [0.1, 0.15) is 5.82 Å². The second kappa shape index (κ2) is 7.34. The number of rotatable bonds is 4. The van der Waals surface area contributed by atoms with E-state index in [2.05, 4.69) is 21.3 Å². The quantitative estimate of drug-likeness (QED) is 0.936. The Bertz CT molecular complexity index is 691. The number of benzene rings is 1. The molecule has 5 heteroatoms. The van der Waals surface area contributed by atoms with Gasteiger partial charge in [-0.1, -0.05) is 6.07 Å². The molecule has 0 unspecified atom stereocenters. The molecule has 5 nitrogen and oxygen atoms in total. The lowest BCUT2D eigenvalue weighted by atomic mass is 10.1. The molecule has 126 valence electrons. The van der Waals surface area contributed by atoms with Gasteiger partial charge in [0.25, 0.3) is 5.91 Å². The number of nitrogens with zero attached hydrogens (tertiary/aromatic N) is 3. The second-order valence-corrected chi connectivity index (χ2v) is 6.35. The number of hydrogen-bond acceptors (Lipinski definition) is 4. The average molecular weight is 324 g/mol. The Morgan fingerprint density at radius 3 is 2.58 bits per heavy atom. The molecule has 1 fully saturated rings. The average Bonchev–Trinajstić information content (AvgIpc) is 2.63. The molecule has 0 spiro atoms. The fourth-order valence-corrected chi connectivity index (χ4v) is 2.92. The Balaban J connectivity index is 1.69. The van der Waals surface area contributed by atoms with Crippen molar-refractivity contribution in [2.75, 3.05) is 42.3 Å². The van der Waals surface area contributed by atoms with Crippen LogP contribution in [-0.2, 0) is 0 Å². The van der Waals surface area contributed by atoms with Crippen molar-refractivity contribution in [3.8, 4) is 0 Å². The van der Waals surface area contributed by atoms with Gasteiger partial charge in [0.15, 0.2) is 0 Å². The summed E-state index contributed by atoms with van der Waals surface area (Å²) >= 11 is 0. The molecule has 0 aliphatic carbocycles. The highest BCUT2D eigenvalue weighted by atomic mass is 16.1. The number of aromatic nitrogens is 1. The highest BCUT2D eigenvalue weighted by Gasteiger charge is 2.12. The number of nitrogens with one attached hydrogen (secondary N) is 1. The van der Waals surface area contributed by atoms with Crippen molar-refractivity contribution in [2.24, 2.45) is 0 Å². The van der Waals surface area contributed by atoms with E-state index in [0.29, 0.717) is 5.56 Å². The zero-order valence-electron chi connectivity index (χ0n) is 14.3. The summed E-state index contributed by atoms with van der Waals surface area (Å²) in [6.07, 6.45) is 5.39. The number of amides is 1. The van der Waals surface area contributed by atoms with Gasteiger partial charge in [-0.15, -0.1) is 0 Å². The summed E-state index contributed by atoms with van der Waals surface area (Å²) in [6.45, 7) is 2.18. The third-order valence-electron chi connectivity index (χ3n) is 4.29. The number of pyridine rings is 1. The van der Waals surface area contributed by atoms with Crippen molar-refractivity contribution < 1.29 is 4.79 Å². The van der Waals surface area contributed by atoms with Crippen LogP contribution in [0.15, 0.2) is 42.6 Å². The summed E-state index contributed by atoms with van der Waals surface area (Å²) in [6, 6.07) is 11.7. The van der Waals surface area contributed by atoms with E-state index in [9.17, 15) is 4.79 Å². The van der Waals surface area contributed by atoms with Crippen molar-refractivity contribution >= 4 is 23.1 Å². The first kappa shape index (κ1) is 16.3. The van der Waals surface area contributed by atoms with Crippen molar-refractivity contribution in [2.45, 2.75) is 19.3 Å². The first-order valence-corrected chi connectivity index (χ1v) is 8.43. The summed E-state index contributed by atoms with van der Waals surface area (Å²) in [7, 11) is 3.85. The fourth-order valence-electron chi connectivity index (χ4n) is 2.92. The lowest BCUT2D eigenvalue weighted by Crippen LogP contribution is -2.29. The Hall–Kier alpha value is -2.56. The van der Waals surface area contributed by atoms with Crippen LogP contribution < -0.4 is 15.1 Å². The lowest BCUT2D eigenvalue weighted by Gasteiger charge is -2.29. The monoisotopic (exact) mass is 324 g/mol. The normalized spacial score (nSPS) is 14.3. The largest absolute Gasteiger partial charge is 0.371 e. The van der Waals surface area contributed by atoms with Gasteiger partial charge in [-0.2, -0.15) is 0 Å². The Labute approximate surface area is 143 Å². The SMILES string of the molecule is CN(C)c1ccc(C(=O)Nc2cccc(N3CCCCC3)c2)cn1. The summed E-state index contributed by atoms with van der Waals surface area (Å²) in [5.41, 5.74) is 2.55. The maximum Gasteiger partial charge on any atom is 0.257 e. The molecule has 0 radical (unpaired) electrons. The molecule has 1 N–H and O–H groups in total. The van der Waals surface area contributed by atoms with E-state index < -0.39 is 0 Å². The standard InChI is InChI=1S/C19H24N4O/c1-22(2)18-10-9-15(14-20-18)19(24)21-16-7-6-8-17(13-16)23-11-4-3-5-12-23/h6-10,13-14H,3-5,11-12H2,1-2H3,(H,21,24). The van der Waals surface area contributed by atoms with Crippen LogP contribution in [0.3, 0.4) is 0 Å². The molecule has 1 aliphatic heterocycles. The fraction of sp³-hybridized carbons (Fsp3) is 0.368. The molecule has 0 atom stereocenters. The number of anilines is 3. The Morgan fingerprint density at radius 2 is 1.92 bits per heavy atom. The molecule has 0 saturated carbocycles. The summed E-state index contributed by atoms with van der Waals surface area (Å²) in [4.78, 5) is 21.0. The zero-order valence-corrected chi connectivity index (χ0v) is 14.3. The predicted molar refractivity (Wildman–Crippen MR) is 99.0 cm³/mol. The maximum atomic E-state index is 12.4. The number of carbonyl (C=O) groups excluding carboxylic acids is 1. The molecule has 24 heavy (non-hydrogen) atoms. The van der Waals surface area contributed by atoms with Crippen LogP contribution in [-0.4, -0.2) is 38.1 Å². The topological polar surface area (TPSA) is 48.5 Å². The minimum atomic E-state index is -0.136. The van der Waals surface area contributed by atoms with Crippen LogP contribution in [0, 0.1) is 0 Å². The van der Waals surface area contributed by atoms with E-state index >= 15 is 0 Å². The number of piperidine rings is 1.